The van der Waals surface area contributed by atoms with Gasteiger partial charge >= 0.3 is 0 Å². The second-order valence-corrected chi connectivity index (χ2v) is 5.49. The van der Waals surface area contributed by atoms with Crippen molar-refractivity contribution in [2.75, 3.05) is 26.6 Å². The molecule has 0 saturated carbocycles. The summed E-state index contributed by atoms with van der Waals surface area (Å²) >= 11 is 0. The molecule has 1 aliphatic rings. The molecule has 0 saturated heterocycles. The Morgan fingerprint density at radius 1 is 0.920 bits per heavy atom. The van der Waals surface area contributed by atoms with Crippen LogP contribution in [0.25, 0.3) is 0 Å². The van der Waals surface area contributed by atoms with Crippen LogP contribution in [0.3, 0.4) is 0 Å². The zero-order valence-electron chi connectivity index (χ0n) is 14.0. The van der Waals surface area contributed by atoms with Gasteiger partial charge in [-0.3, -0.25) is 19.3 Å². The predicted molar refractivity (Wildman–Crippen MR) is 90.4 cm³/mol. The zero-order valence-corrected chi connectivity index (χ0v) is 14.0. The molecule has 7 heteroatoms. The molecule has 0 atom stereocenters. The van der Waals surface area contributed by atoms with Crippen molar-refractivity contribution < 1.29 is 23.9 Å². The largest absolute Gasteiger partial charge is 0.497 e. The molecule has 0 radical (unpaired) electrons. The number of nitrogens with one attached hydrogen (secondary N) is 1. The molecule has 0 spiro atoms. The summed E-state index contributed by atoms with van der Waals surface area (Å²) in [6.07, 6.45) is 0. The highest BCUT2D eigenvalue weighted by molar-refractivity contribution is 6.22. The molecule has 3 amide bonds. The number of hydrogen-bond acceptors (Lipinski definition) is 5. The van der Waals surface area contributed by atoms with Crippen LogP contribution in [0.15, 0.2) is 36.4 Å². The first-order chi connectivity index (χ1) is 11.9. The standard InChI is InChI=1S/C18H16N2O5/c1-20-17(22)14-5-4-10(6-15(14)18(20)23)16(21)19-11-7-12(24-2)9-13(8-11)25-3/h4-9H,1-3H3,(H,19,21). The maximum absolute atomic E-state index is 12.5. The lowest BCUT2D eigenvalue weighted by atomic mass is 10.1. The second-order valence-electron chi connectivity index (χ2n) is 5.49. The summed E-state index contributed by atoms with van der Waals surface area (Å²) in [5.41, 5.74) is 1.29. The van der Waals surface area contributed by atoms with Gasteiger partial charge in [0.25, 0.3) is 17.7 Å². The summed E-state index contributed by atoms with van der Waals surface area (Å²) < 4.78 is 10.3. The normalized spacial score (nSPS) is 12.8. The van der Waals surface area contributed by atoms with Crippen molar-refractivity contribution in [3.63, 3.8) is 0 Å². The summed E-state index contributed by atoms with van der Waals surface area (Å²) in [5, 5.41) is 2.73. The van der Waals surface area contributed by atoms with Gasteiger partial charge in [0.15, 0.2) is 0 Å². The van der Waals surface area contributed by atoms with Crippen LogP contribution < -0.4 is 14.8 Å². The van der Waals surface area contributed by atoms with Crippen molar-refractivity contribution in [2.24, 2.45) is 0 Å². The third-order valence-corrected chi connectivity index (χ3v) is 3.96. The summed E-state index contributed by atoms with van der Waals surface area (Å²) in [5.74, 6) is -0.132. The van der Waals surface area contributed by atoms with E-state index in [1.165, 1.54) is 39.5 Å². The van der Waals surface area contributed by atoms with Crippen LogP contribution in [-0.4, -0.2) is 43.9 Å². The molecule has 2 aromatic carbocycles. The van der Waals surface area contributed by atoms with E-state index in [4.69, 9.17) is 9.47 Å². The predicted octanol–water partition coefficient (Wildman–Crippen LogP) is 2.18. The van der Waals surface area contributed by atoms with Crippen LogP contribution in [0, 0.1) is 0 Å². The zero-order chi connectivity index (χ0) is 18.1. The Morgan fingerprint density at radius 2 is 1.52 bits per heavy atom. The number of ether oxygens (including phenoxy) is 2. The van der Waals surface area contributed by atoms with Gasteiger partial charge in [0, 0.05) is 36.5 Å². The van der Waals surface area contributed by atoms with Crippen molar-refractivity contribution >= 4 is 23.4 Å². The molecule has 1 heterocycles. The third kappa shape index (κ3) is 2.91. The third-order valence-electron chi connectivity index (χ3n) is 3.96. The number of methoxy groups -OCH3 is 2. The molecular formula is C18H16N2O5. The van der Waals surface area contributed by atoms with E-state index < -0.39 is 11.8 Å². The Labute approximate surface area is 144 Å². The van der Waals surface area contributed by atoms with Crippen molar-refractivity contribution in [1.82, 2.24) is 4.90 Å². The van der Waals surface area contributed by atoms with Gasteiger partial charge in [0.1, 0.15) is 11.5 Å². The summed E-state index contributed by atoms with van der Waals surface area (Å²) in [7, 11) is 4.44. The minimum atomic E-state index is -0.419. The lowest BCUT2D eigenvalue weighted by Crippen LogP contribution is -2.24. The molecule has 0 bridgehead atoms. The van der Waals surface area contributed by atoms with Gasteiger partial charge in [-0.2, -0.15) is 0 Å². The van der Waals surface area contributed by atoms with Crippen molar-refractivity contribution in [3.8, 4) is 11.5 Å². The van der Waals surface area contributed by atoms with Crippen LogP contribution in [0.2, 0.25) is 0 Å². The quantitative estimate of drug-likeness (QED) is 0.863. The van der Waals surface area contributed by atoms with Crippen LogP contribution in [0.1, 0.15) is 31.1 Å². The molecule has 3 rings (SSSR count). The fraction of sp³-hybridized carbons (Fsp3) is 0.167. The smallest absolute Gasteiger partial charge is 0.261 e. The molecule has 0 fully saturated rings. The van der Waals surface area contributed by atoms with E-state index in [1.54, 1.807) is 18.2 Å². The Balaban J connectivity index is 1.88. The molecule has 0 aliphatic carbocycles. The molecule has 7 nitrogen and oxygen atoms in total. The second kappa shape index (κ2) is 6.27. The number of anilines is 1. The molecule has 1 aliphatic heterocycles. The van der Waals surface area contributed by atoms with Crippen molar-refractivity contribution in [3.05, 3.63) is 53.1 Å². The average molecular weight is 340 g/mol. The molecule has 128 valence electrons. The Hall–Kier alpha value is -3.35. The Kier molecular flexibility index (Phi) is 4.14. The molecule has 1 N–H and O–H groups in total. The number of benzene rings is 2. The van der Waals surface area contributed by atoms with Gasteiger partial charge in [0.05, 0.1) is 25.3 Å². The Morgan fingerprint density at radius 3 is 2.12 bits per heavy atom. The fourth-order valence-corrected chi connectivity index (χ4v) is 2.59. The van der Waals surface area contributed by atoms with E-state index in [-0.39, 0.29) is 17.0 Å². The molecular weight excluding hydrogens is 324 g/mol. The molecule has 0 unspecified atom stereocenters. The number of amides is 3. The monoisotopic (exact) mass is 340 g/mol. The first-order valence-electron chi connectivity index (χ1n) is 7.45. The highest BCUT2D eigenvalue weighted by Crippen LogP contribution is 2.27. The minimum Gasteiger partial charge on any atom is -0.497 e. The minimum absolute atomic E-state index is 0.225. The summed E-state index contributed by atoms with van der Waals surface area (Å²) in [6.45, 7) is 0. The first kappa shape index (κ1) is 16.5. The van der Waals surface area contributed by atoms with Crippen LogP contribution in [0.5, 0.6) is 11.5 Å². The lowest BCUT2D eigenvalue weighted by Gasteiger charge is -2.10. The van der Waals surface area contributed by atoms with Gasteiger partial charge in [-0.05, 0) is 18.2 Å². The first-order valence-corrected chi connectivity index (χ1v) is 7.45. The maximum atomic E-state index is 12.5. The number of carbonyl (C=O) groups is 3. The fourth-order valence-electron chi connectivity index (χ4n) is 2.59. The Bertz CT molecular complexity index is 869. The maximum Gasteiger partial charge on any atom is 0.261 e. The lowest BCUT2D eigenvalue weighted by molar-refractivity contribution is 0.0693. The number of rotatable bonds is 4. The van der Waals surface area contributed by atoms with E-state index in [9.17, 15) is 14.4 Å². The van der Waals surface area contributed by atoms with E-state index >= 15 is 0 Å². The molecule has 2 aromatic rings. The van der Waals surface area contributed by atoms with Crippen LogP contribution in [-0.2, 0) is 0 Å². The number of hydrogen-bond donors (Lipinski definition) is 1. The number of nitrogens with zero attached hydrogens (tertiary/aromatic N) is 1. The SMILES string of the molecule is COc1cc(NC(=O)c2ccc3c(c2)C(=O)N(C)C3=O)cc(OC)c1. The van der Waals surface area contributed by atoms with Gasteiger partial charge in [-0.15, -0.1) is 0 Å². The van der Waals surface area contributed by atoms with Crippen molar-refractivity contribution in [2.45, 2.75) is 0 Å². The van der Waals surface area contributed by atoms with E-state index in [1.807, 2.05) is 0 Å². The van der Waals surface area contributed by atoms with Gasteiger partial charge < -0.3 is 14.8 Å². The van der Waals surface area contributed by atoms with E-state index in [0.717, 1.165) is 4.90 Å². The average Bonchev–Trinajstić information content (AvgIpc) is 2.85. The summed E-state index contributed by atoms with van der Waals surface area (Å²) in [4.78, 5) is 37.5. The van der Waals surface area contributed by atoms with Crippen LogP contribution >= 0.6 is 0 Å². The topological polar surface area (TPSA) is 84.9 Å². The number of imide groups is 1. The number of carbonyl (C=O) groups excluding carboxylic acids is 3. The van der Waals surface area contributed by atoms with Gasteiger partial charge in [-0.1, -0.05) is 0 Å². The van der Waals surface area contributed by atoms with Crippen LogP contribution in [0.4, 0.5) is 5.69 Å². The van der Waals surface area contributed by atoms with Gasteiger partial charge in [-0.25, -0.2) is 0 Å². The molecule has 25 heavy (non-hydrogen) atoms. The summed E-state index contributed by atoms with van der Waals surface area (Å²) in [6, 6.07) is 9.40. The van der Waals surface area contributed by atoms with E-state index in [0.29, 0.717) is 22.7 Å². The highest BCUT2D eigenvalue weighted by atomic mass is 16.5. The van der Waals surface area contributed by atoms with Crippen molar-refractivity contribution in [1.29, 1.82) is 0 Å². The van der Waals surface area contributed by atoms with Gasteiger partial charge in [0.2, 0.25) is 0 Å². The number of fused-ring (bicyclic) bond motifs is 1. The van der Waals surface area contributed by atoms with E-state index in [2.05, 4.69) is 5.32 Å². The molecule has 0 aromatic heterocycles. The highest BCUT2D eigenvalue weighted by Gasteiger charge is 2.33.